The summed E-state index contributed by atoms with van der Waals surface area (Å²) in [4.78, 5) is 33.4. The van der Waals surface area contributed by atoms with Gasteiger partial charge in [-0.2, -0.15) is 4.31 Å². The zero-order valence-corrected chi connectivity index (χ0v) is 24.5. The van der Waals surface area contributed by atoms with Gasteiger partial charge in [0.1, 0.15) is 22.7 Å². The van der Waals surface area contributed by atoms with Gasteiger partial charge in [0.15, 0.2) is 0 Å². The molecule has 1 aromatic heterocycles. The Bertz CT molecular complexity index is 1520. The van der Waals surface area contributed by atoms with Gasteiger partial charge in [-0.1, -0.05) is 6.07 Å². The first-order valence-electron chi connectivity index (χ1n) is 12.8. The molecule has 1 amide bonds. The van der Waals surface area contributed by atoms with Crippen molar-refractivity contribution in [2.75, 3.05) is 63.1 Å². The van der Waals surface area contributed by atoms with E-state index in [9.17, 15) is 18.0 Å². The Morgan fingerprint density at radius 3 is 2.29 bits per heavy atom. The van der Waals surface area contributed by atoms with E-state index in [2.05, 4.69) is 9.88 Å². The molecule has 3 aromatic rings. The van der Waals surface area contributed by atoms with Gasteiger partial charge in [0.2, 0.25) is 15.9 Å². The minimum Gasteiger partial charge on any atom is -0.497 e. The SMILES string of the molecule is COC(=O)c1ccc(C2SCC(=O)N2c2ccc(N3CCN(S(=O)(=O)c4ccc(OC)cc4)CC3)cn2)c(OC)c1. The summed E-state index contributed by atoms with van der Waals surface area (Å²) >= 11 is 1.45. The van der Waals surface area contributed by atoms with Crippen molar-refractivity contribution in [1.29, 1.82) is 0 Å². The third kappa shape index (κ3) is 5.69. The molecule has 1 unspecified atom stereocenters. The van der Waals surface area contributed by atoms with Gasteiger partial charge in [-0.05, 0) is 48.5 Å². The zero-order chi connectivity index (χ0) is 29.1. The van der Waals surface area contributed by atoms with E-state index in [0.29, 0.717) is 49.1 Å². The molecule has 2 aromatic carbocycles. The van der Waals surface area contributed by atoms with Crippen LogP contribution in [0.5, 0.6) is 11.5 Å². The van der Waals surface area contributed by atoms with E-state index in [4.69, 9.17) is 14.2 Å². The lowest BCUT2D eigenvalue weighted by Crippen LogP contribution is -2.48. The average Bonchev–Trinajstić information content (AvgIpc) is 3.41. The normalized spacial score (nSPS) is 17.9. The van der Waals surface area contributed by atoms with Crippen molar-refractivity contribution in [3.8, 4) is 11.5 Å². The number of aromatic nitrogens is 1. The van der Waals surface area contributed by atoms with Crippen LogP contribution in [-0.2, 0) is 19.6 Å². The second-order valence-corrected chi connectivity index (χ2v) is 12.3. The van der Waals surface area contributed by atoms with E-state index in [1.165, 1.54) is 37.4 Å². The largest absolute Gasteiger partial charge is 0.497 e. The summed E-state index contributed by atoms with van der Waals surface area (Å²) in [6.45, 7) is 1.67. The first-order valence-corrected chi connectivity index (χ1v) is 15.3. The molecule has 0 spiro atoms. The molecule has 2 fully saturated rings. The molecule has 2 saturated heterocycles. The minimum atomic E-state index is -3.61. The second-order valence-electron chi connectivity index (χ2n) is 9.32. The molecule has 41 heavy (non-hydrogen) atoms. The van der Waals surface area contributed by atoms with Gasteiger partial charge < -0.3 is 19.1 Å². The number of esters is 1. The molecule has 2 aliphatic rings. The van der Waals surface area contributed by atoms with Gasteiger partial charge in [0.25, 0.3) is 0 Å². The number of carbonyl (C=O) groups is 2. The molecular weight excluding hydrogens is 568 g/mol. The van der Waals surface area contributed by atoms with Crippen LogP contribution in [0.15, 0.2) is 65.7 Å². The summed E-state index contributed by atoms with van der Waals surface area (Å²) in [6.07, 6.45) is 1.70. The maximum Gasteiger partial charge on any atom is 0.337 e. The fourth-order valence-corrected chi connectivity index (χ4v) is 7.46. The number of carbonyl (C=O) groups excluding carboxylic acids is 2. The van der Waals surface area contributed by atoms with Gasteiger partial charge in [-0.15, -0.1) is 11.8 Å². The lowest BCUT2D eigenvalue weighted by Gasteiger charge is -2.35. The highest BCUT2D eigenvalue weighted by molar-refractivity contribution is 8.00. The highest BCUT2D eigenvalue weighted by Crippen LogP contribution is 2.44. The van der Waals surface area contributed by atoms with Crippen molar-refractivity contribution in [3.63, 3.8) is 0 Å². The lowest BCUT2D eigenvalue weighted by atomic mass is 10.1. The van der Waals surface area contributed by atoms with Crippen molar-refractivity contribution in [1.82, 2.24) is 9.29 Å². The predicted molar refractivity (Wildman–Crippen MR) is 155 cm³/mol. The summed E-state index contributed by atoms with van der Waals surface area (Å²) in [5.74, 6) is 1.29. The first-order chi connectivity index (χ1) is 19.8. The summed E-state index contributed by atoms with van der Waals surface area (Å²) in [6, 6.07) is 15.1. The fraction of sp³-hybridized carbons (Fsp3) is 0.321. The van der Waals surface area contributed by atoms with E-state index in [1.807, 2.05) is 6.07 Å². The monoisotopic (exact) mass is 598 g/mol. The Morgan fingerprint density at radius 1 is 0.951 bits per heavy atom. The summed E-state index contributed by atoms with van der Waals surface area (Å²) in [7, 11) is 0.754. The lowest BCUT2D eigenvalue weighted by molar-refractivity contribution is -0.115. The number of benzene rings is 2. The van der Waals surface area contributed by atoms with Crippen LogP contribution in [0, 0.1) is 0 Å². The Balaban J connectivity index is 1.29. The number of hydrogen-bond acceptors (Lipinski definition) is 10. The van der Waals surface area contributed by atoms with Crippen molar-refractivity contribution < 1.29 is 32.2 Å². The van der Waals surface area contributed by atoms with Crippen LogP contribution in [0.25, 0.3) is 0 Å². The zero-order valence-electron chi connectivity index (χ0n) is 22.8. The molecule has 216 valence electrons. The molecule has 1 atom stereocenters. The summed E-state index contributed by atoms with van der Waals surface area (Å²) in [5, 5.41) is -0.380. The fourth-order valence-electron chi connectivity index (χ4n) is 4.85. The number of rotatable bonds is 8. The molecule has 2 aliphatic heterocycles. The van der Waals surface area contributed by atoms with Crippen LogP contribution >= 0.6 is 11.8 Å². The minimum absolute atomic E-state index is 0.0864. The van der Waals surface area contributed by atoms with E-state index < -0.39 is 16.0 Å². The van der Waals surface area contributed by atoms with Crippen LogP contribution in [-0.4, -0.2) is 82.8 Å². The maximum atomic E-state index is 13.1. The molecule has 3 heterocycles. The quantitative estimate of drug-likeness (QED) is 0.358. The number of hydrogen-bond donors (Lipinski definition) is 0. The van der Waals surface area contributed by atoms with Gasteiger partial charge >= 0.3 is 5.97 Å². The standard InChI is InChI=1S/C28H30N4O7S2/c1-37-21-6-8-22(9-7-21)41(35,36)31-14-12-30(13-15-31)20-5-11-25(29-17-20)32-26(33)18-40-27(32)23-10-4-19(28(34)39-3)16-24(23)38-2/h4-11,16-17,27H,12-15,18H2,1-3H3. The second kappa shape index (κ2) is 12.0. The molecule has 0 aliphatic carbocycles. The third-order valence-electron chi connectivity index (χ3n) is 7.07. The van der Waals surface area contributed by atoms with E-state index >= 15 is 0 Å². The number of methoxy groups -OCH3 is 3. The third-order valence-corrected chi connectivity index (χ3v) is 10.2. The molecular formula is C28H30N4O7S2. The maximum absolute atomic E-state index is 13.1. The summed E-state index contributed by atoms with van der Waals surface area (Å²) < 4.78 is 43.2. The number of thioether (sulfide) groups is 1. The molecule has 11 nitrogen and oxygen atoms in total. The van der Waals surface area contributed by atoms with Crippen molar-refractivity contribution in [2.45, 2.75) is 10.3 Å². The van der Waals surface area contributed by atoms with Gasteiger partial charge in [0, 0.05) is 31.7 Å². The smallest absolute Gasteiger partial charge is 0.337 e. The van der Waals surface area contributed by atoms with Gasteiger partial charge in [-0.25, -0.2) is 18.2 Å². The van der Waals surface area contributed by atoms with Gasteiger partial charge in [0.05, 0.1) is 49.4 Å². The summed E-state index contributed by atoms with van der Waals surface area (Å²) in [5.41, 5.74) is 1.94. The van der Waals surface area contributed by atoms with E-state index in [-0.39, 0.29) is 21.9 Å². The number of ether oxygens (including phenoxy) is 3. The molecule has 0 saturated carbocycles. The predicted octanol–water partition coefficient (Wildman–Crippen LogP) is 3.17. The molecule has 0 N–H and O–H groups in total. The topological polar surface area (TPSA) is 119 Å². The van der Waals surface area contributed by atoms with Crippen molar-refractivity contribution >= 4 is 45.2 Å². The Labute approximate surface area is 243 Å². The number of anilines is 2. The van der Waals surface area contributed by atoms with Crippen molar-refractivity contribution in [2.24, 2.45) is 0 Å². The Kier molecular flexibility index (Phi) is 8.38. The van der Waals surface area contributed by atoms with Gasteiger partial charge in [-0.3, -0.25) is 9.69 Å². The number of piperazine rings is 1. The van der Waals surface area contributed by atoms with Crippen LogP contribution in [0.2, 0.25) is 0 Å². The van der Waals surface area contributed by atoms with Crippen molar-refractivity contribution in [3.05, 3.63) is 71.9 Å². The highest BCUT2D eigenvalue weighted by Gasteiger charge is 2.37. The average molecular weight is 599 g/mol. The first kappa shape index (κ1) is 28.7. The number of nitrogens with zero attached hydrogens (tertiary/aromatic N) is 4. The van der Waals surface area contributed by atoms with Crippen LogP contribution in [0.3, 0.4) is 0 Å². The molecule has 0 radical (unpaired) electrons. The highest BCUT2D eigenvalue weighted by atomic mass is 32.2. The number of sulfonamides is 1. The van der Waals surface area contributed by atoms with Crippen LogP contribution < -0.4 is 19.3 Å². The van der Waals surface area contributed by atoms with Crippen LogP contribution in [0.1, 0.15) is 21.3 Å². The van der Waals surface area contributed by atoms with E-state index in [0.717, 1.165) is 11.3 Å². The van der Waals surface area contributed by atoms with E-state index in [1.54, 1.807) is 59.6 Å². The Hall–Kier alpha value is -3.81. The molecule has 13 heteroatoms. The molecule has 5 rings (SSSR count). The number of pyridine rings is 1. The Morgan fingerprint density at radius 2 is 1.68 bits per heavy atom. The number of amides is 1. The molecule has 0 bridgehead atoms. The van der Waals surface area contributed by atoms with Crippen LogP contribution in [0.4, 0.5) is 11.5 Å².